The fourth-order valence-electron chi connectivity index (χ4n) is 4.02. The first-order valence-electron chi connectivity index (χ1n) is 10.6. The minimum atomic E-state index is -0.655. The van der Waals surface area contributed by atoms with E-state index in [9.17, 15) is 4.79 Å². The van der Waals surface area contributed by atoms with Gasteiger partial charge in [-0.2, -0.15) is 0 Å². The summed E-state index contributed by atoms with van der Waals surface area (Å²) >= 11 is 0. The van der Waals surface area contributed by atoms with Gasteiger partial charge in [-0.1, -0.05) is 92.4 Å². The number of carbonyl (C=O) groups is 1. The number of carboxylic acids is 1. The normalized spacial score (nSPS) is 16.5. The average Bonchev–Trinajstić information content (AvgIpc) is 2.49. The topological polar surface area (TPSA) is 37.3 Å². The summed E-state index contributed by atoms with van der Waals surface area (Å²) < 4.78 is 0. The summed E-state index contributed by atoms with van der Waals surface area (Å²) in [6.07, 6.45) is 15.8. The zero-order chi connectivity index (χ0) is 18.4. The average molecular weight is 341 g/mol. The molecule has 0 rings (SSSR count). The molecule has 0 fully saturated rings. The number of carboxylic acid groups (broad SMARTS) is 1. The van der Waals surface area contributed by atoms with Crippen LogP contribution in [-0.2, 0) is 4.79 Å². The van der Waals surface area contributed by atoms with Gasteiger partial charge in [0.25, 0.3) is 0 Å². The summed E-state index contributed by atoms with van der Waals surface area (Å²) in [5, 5.41) is 9.01. The Bertz CT molecular complexity index is 300. The molecular weight excluding hydrogens is 296 g/mol. The van der Waals surface area contributed by atoms with Crippen LogP contribution in [0.15, 0.2) is 0 Å². The van der Waals surface area contributed by atoms with E-state index in [-0.39, 0.29) is 5.92 Å². The highest BCUT2D eigenvalue weighted by molar-refractivity contribution is 5.69. The largest absolute Gasteiger partial charge is 0.481 e. The van der Waals surface area contributed by atoms with Gasteiger partial charge in [0.15, 0.2) is 0 Å². The van der Waals surface area contributed by atoms with Crippen LogP contribution in [0.5, 0.6) is 0 Å². The molecule has 0 aromatic heterocycles. The van der Waals surface area contributed by atoms with Crippen LogP contribution in [0.25, 0.3) is 0 Å². The molecule has 0 saturated carbocycles. The Morgan fingerprint density at radius 1 is 0.708 bits per heavy atom. The molecule has 0 spiro atoms. The van der Waals surface area contributed by atoms with Gasteiger partial charge < -0.3 is 5.11 Å². The highest BCUT2D eigenvalue weighted by Crippen LogP contribution is 2.26. The molecule has 0 saturated heterocycles. The monoisotopic (exact) mass is 340 g/mol. The standard InChI is InChI=1S/C22H44O2/c1-6-7-8-9-10-11-12-13-14-18(2)15-19(3)16-20(4)17-21(5)22(23)24/h18-21H,6-17H2,1-5H3,(H,23,24). The fourth-order valence-corrected chi connectivity index (χ4v) is 4.02. The van der Waals surface area contributed by atoms with E-state index >= 15 is 0 Å². The molecule has 4 unspecified atom stereocenters. The van der Waals surface area contributed by atoms with Crippen LogP contribution in [0.1, 0.15) is 112 Å². The second-order valence-corrected chi connectivity index (χ2v) is 8.53. The molecule has 2 heteroatoms. The minimum Gasteiger partial charge on any atom is -0.481 e. The highest BCUT2D eigenvalue weighted by Gasteiger charge is 2.18. The zero-order valence-electron chi connectivity index (χ0n) is 17.2. The molecule has 0 aromatic rings. The third-order valence-corrected chi connectivity index (χ3v) is 5.34. The number of hydrogen-bond donors (Lipinski definition) is 1. The van der Waals surface area contributed by atoms with E-state index in [0.717, 1.165) is 12.3 Å². The molecule has 144 valence electrons. The first-order chi connectivity index (χ1) is 11.4. The molecule has 24 heavy (non-hydrogen) atoms. The summed E-state index contributed by atoms with van der Waals surface area (Å²) in [7, 11) is 0. The van der Waals surface area contributed by atoms with E-state index in [1.165, 1.54) is 70.6 Å². The number of aliphatic carboxylic acids is 1. The van der Waals surface area contributed by atoms with Crippen molar-refractivity contribution in [1.82, 2.24) is 0 Å². The van der Waals surface area contributed by atoms with Crippen molar-refractivity contribution in [3.8, 4) is 0 Å². The molecule has 0 aromatic carbocycles. The van der Waals surface area contributed by atoms with Crippen molar-refractivity contribution in [3.63, 3.8) is 0 Å². The van der Waals surface area contributed by atoms with Crippen LogP contribution in [0.3, 0.4) is 0 Å². The zero-order valence-corrected chi connectivity index (χ0v) is 17.2. The molecule has 0 aliphatic carbocycles. The number of rotatable bonds is 16. The molecule has 1 N–H and O–H groups in total. The second-order valence-electron chi connectivity index (χ2n) is 8.53. The van der Waals surface area contributed by atoms with Crippen molar-refractivity contribution in [2.24, 2.45) is 23.7 Å². The van der Waals surface area contributed by atoms with Crippen molar-refractivity contribution < 1.29 is 9.90 Å². The Balaban J connectivity index is 3.64. The van der Waals surface area contributed by atoms with Gasteiger partial charge in [0, 0.05) is 0 Å². The Hall–Kier alpha value is -0.530. The molecule has 0 radical (unpaired) electrons. The van der Waals surface area contributed by atoms with Gasteiger partial charge in [-0.05, 0) is 37.0 Å². The molecule has 0 aliphatic rings. The fraction of sp³-hybridized carbons (Fsp3) is 0.955. The molecule has 2 nitrogen and oxygen atoms in total. The van der Waals surface area contributed by atoms with E-state index in [1.54, 1.807) is 0 Å². The lowest BCUT2D eigenvalue weighted by atomic mass is 9.84. The third kappa shape index (κ3) is 13.9. The van der Waals surface area contributed by atoms with Crippen LogP contribution in [0.4, 0.5) is 0 Å². The third-order valence-electron chi connectivity index (χ3n) is 5.34. The summed E-state index contributed by atoms with van der Waals surface area (Å²) in [5.41, 5.74) is 0. The second kappa shape index (κ2) is 14.8. The maximum Gasteiger partial charge on any atom is 0.306 e. The van der Waals surface area contributed by atoms with E-state index in [0.29, 0.717) is 11.8 Å². The van der Waals surface area contributed by atoms with Gasteiger partial charge in [-0.15, -0.1) is 0 Å². The van der Waals surface area contributed by atoms with Crippen LogP contribution in [0.2, 0.25) is 0 Å². The first-order valence-corrected chi connectivity index (χ1v) is 10.6. The molecule has 0 amide bonds. The van der Waals surface area contributed by atoms with Crippen LogP contribution >= 0.6 is 0 Å². The van der Waals surface area contributed by atoms with E-state index in [4.69, 9.17) is 5.11 Å². The van der Waals surface area contributed by atoms with Crippen LogP contribution < -0.4 is 0 Å². The molecule has 0 bridgehead atoms. The summed E-state index contributed by atoms with van der Waals surface area (Å²) in [4.78, 5) is 10.9. The highest BCUT2D eigenvalue weighted by atomic mass is 16.4. The Kier molecular flexibility index (Phi) is 14.5. The number of hydrogen-bond acceptors (Lipinski definition) is 1. The van der Waals surface area contributed by atoms with Gasteiger partial charge in [-0.25, -0.2) is 0 Å². The van der Waals surface area contributed by atoms with Gasteiger partial charge in [0.05, 0.1) is 5.92 Å². The molecule has 0 aliphatic heterocycles. The summed E-state index contributed by atoms with van der Waals surface area (Å²) in [5.74, 6) is 1.18. The van der Waals surface area contributed by atoms with Crippen molar-refractivity contribution in [2.75, 3.05) is 0 Å². The lowest BCUT2D eigenvalue weighted by Gasteiger charge is -2.21. The Labute approximate surface area is 151 Å². The van der Waals surface area contributed by atoms with Crippen LogP contribution in [0, 0.1) is 23.7 Å². The quantitative estimate of drug-likeness (QED) is 0.299. The molecular formula is C22H44O2. The lowest BCUT2D eigenvalue weighted by molar-refractivity contribution is -0.141. The van der Waals surface area contributed by atoms with Gasteiger partial charge in [0.2, 0.25) is 0 Å². The van der Waals surface area contributed by atoms with E-state index in [1.807, 2.05) is 6.92 Å². The van der Waals surface area contributed by atoms with E-state index < -0.39 is 5.97 Å². The Morgan fingerprint density at radius 2 is 1.17 bits per heavy atom. The van der Waals surface area contributed by atoms with Gasteiger partial charge in [0.1, 0.15) is 0 Å². The maximum absolute atomic E-state index is 10.9. The molecule has 4 atom stereocenters. The van der Waals surface area contributed by atoms with Crippen molar-refractivity contribution in [2.45, 2.75) is 112 Å². The van der Waals surface area contributed by atoms with Crippen molar-refractivity contribution in [1.29, 1.82) is 0 Å². The Morgan fingerprint density at radius 3 is 1.71 bits per heavy atom. The summed E-state index contributed by atoms with van der Waals surface area (Å²) in [6, 6.07) is 0. The van der Waals surface area contributed by atoms with Crippen molar-refractivity contribution in [3.05, 3.63) is 0 Å². The van der Waals surface area contributed by atoms with Gasteiger partial charge in [-0.3, -0.25) is 4.79 Å². The first kappa shape index (κ1) is 23.5. The van der Waals surface area contributed by atoms with Gasteiger partial charge >= 0.3 is 5.97 Å². The SMILES string of the molecule is CCCCCCCCCCC(C)CC(C)CC(C)CC(C)C(=O)O. The molecule has 0 heterocycles. The number of unbranched alkanes of at least 4 members (excludes halogenated alkanes) is 7. The van der Waals surface area contributed by atoms with Crippen LogP contribution in [-0.4, -0.2) is 11.1 Å². The smallest absolute Gasteiger partial charge is 0.306 e. The minimum absolute atomic E-state index is 0.207. The maximum atomic E-state index is 10.9. The lowest BCUT2D eigenvalue weighted by Crippen LogP contribution is -2.15. The van der Waals surface area contributed by atoms with Crippen molar-refractivity contribution >= 4 is 5.97 Å². The predicted molar refractivity (Wildman–Crippen MR) is 105 cm³/mol. The predicted octanol–water partition coefficient (Wildman–Crippen LogP) is 7.32. The summed E-state index contributed by atoms with van der Waals surface area (Å²) in [6.45, 7) is 11.0. The van der Waals surface area contributed by atoms with E-state index in [2.05, 4.69) is 27.7 Å².